The van der Waals surface area contributed by atoms with Crippen LogP contribution in [0.15, 0.2) is 42.6 Å². The van der Waals surface area contributed by atoms with Crippen LogP contribution in [0.5, 0.6) is 5.88 Å². The zero-order valence-corrected chi connectivity index (χ0v) is 13.0. The third kappa shape index (κ3) is 3.50. The monoisotopic (exact) mass is 314 g/mol. The van der Waals surface area contributed by atoms with Gasteiger partial charge in [-0.05, 0) is 49.4 Å². The quantitative estimate of drug-likeness (QED) is 0.922. The van der Waals surface area contributed by atoms with E-state index in [-0.39, 0.29) is 17.3 Å². The number of methoxy groups -OCH3 is 1. The van der Waals surface area contributed by atoms with Gasteiger partial charge in [-0.3, -0.25) is 4.79 Å². The number of aromatic nitrogens is 1. The van der Waals surface area contributed by atoms with Gasteiger partial charge >= 0.3 is 0 Å². The molecule has 1 heterocycles. The molecular formula is C18H19FN2O2. The first kappa shape index (κ1) is 15.5. The molecular weight excluding hydrogens is 295 g/mol. The van der Waals surface area contributed by atoms with Crippen LogP contribution in [-0.2, 0) is 6.42 Å². The number of ether oxygens (including phenoxy) is 1. The van der Waals surface area contributed by atoms with Crippen LogP contribution in [0.25, 0.3) is 0 Å². The Morgan fingerprint density at radius 2 is 2.17 bits per heavy atom. The lowest BCUT2D eigenvalue weighted by Crippen LogP contribution is -2.55. The number of benzene rings is 1. The van der Waals surface area contributed by atoms with E-state index in [0.717, 1.165) is 24.8 Å². The average molecular weight is 314 g/mol. The van der Waals surface area contributed by atoms with E-state index in [0.29, 0.717) is 17.9 Å². The molecule has 0 unspecified atom stereocenters. The molecule has 23 heavy (non-hydrogen) atoms. The van der Waals surface area contributed by atoms with E-state index in [2.05, 4.69) is 10.3 Å². The summed E-state index contributed by atoms with van der Waals surface area (Å²) in [5.74, 6) is 0.0681. The Balaban J connectivity index is 1.71. The van der Waals surface area contributed by atoms with Crippen molar-refractivity contribution in [3.8, 4) is 5.88 Å². The lowest BCUT2D eigenvalue weighted by Gasteiger charge is -2.43. The van der Waals surface area contributed by atoms with E-state index in [1.165, 1.54) is 25.4 Å². The van der Waals surface area contributed by atoms with Crippen molar-refractivity contribution in [1.29, 1.82) is 0 Å². The van der Waals surface area contributed by atoms with Crippen LogP contribution in [0.2, 0.25) is 0 Å². The van der Waals surface area contributed by atoms with Crippen LogP contribution in [0, 0.1) is 5.82 Å². The van der Waals surface area contributed by atoms with E-state index in [1.807, 2.05) is 6.07 Å². The Hall–Kier alpha value is -2.43. The molecule has 0 spiro atoms. The maximum atomic E-state index is 13.4. The molecule has 5 heteroatoms. The third-order valence-corrected chi connectivity index (χ3v) is 4.33. The number of nitrogens with one attached hydrogen (secondary N) is 1. The third-order valence-electron chi connectivity index (χ3n) is 4.33. The molecule has 0 atom stereocenters. The lowest BCUT2D eigenvalue weighted by atomic mass is 9.72. The average Bonchev–Trinajstić information content (AvgIpc) is 2.53. The minimum Gasteiger partial charge on any atom is -0.481 e. The second kappa shape index (κ2) is 6.36. The van der Waals surface area contributed by atoms with Gasteiger partial charge in [0.1, 0.15) is 5.82 Å². The predicted octanol–water partition coefficient (Wildman–Crippen LogP) is 3.12. The van der Waals surface area contributed by atoms with Crippen molar-refractivity contribution < 1.29 is 13.9 Å². The first-order valence-electron chi connectivity index (χ1n) is 7.67. The summed E-state index contributed by atoms with van der Waals surface area (Å²) in [5.41, 5.74) is 1.11. The van der Waals surface area contributed by atoms with Gasteiger partial charge in [-0.2, -0.15) is 0 Å². The molecule has 1 saturated carbocycles. The van der Waals surface area contributed by atoms with Crippen molar-refractivity contribution in [1.82, 2.24) is 10.3 Å². The molecule has 3 rings (SSSR count). The smallest absolute Gasteiger partial charge is 0.253 e. The van der Waals surface area contributed by atoms with Crippen LogP contribution >= 0.6 is 0 Å². The summed E-state index contributed by atoms with van der Waals surface area (Å²) in [7, 11) is 1.53. The number of hydrogen-bond acceptors (Lipinski definition) is 3. The van der Waals surface area contributed by atoms with Crippen molar-refractivity contribution in [3.63, 3.8) is 0 Å². The first-order valence-corrected chi connectivity index (χ1v) is 7.67. The molecule has 0 bridgehead atoms. The topological polar surface area (TPSA) is 51.2 Å². The van der Waals surface area contributed by atoms with E-state index >= 15 is 0 Å². The fraction of sp³-hybridized carbons (Fsp3) is 0.333. The molecule has 0 aliphatic heterocycles. The fourth-order valence-electron chi connectivity index (χ4n) is 2.94. The van der Waals surface area contributed by atoms with Crippen LogP contribution < -0.4 is 10.1 Å². The van der Waals surface area contributed by atoms with E-state index < -0.39 is 0 Å². The van der Waals surface area contributed by atoms with E-state index in [1.54, 1.807) is 18.2 Å². The molecule has 0 saturated heterocycles. The number of halogens is 1. The van der Waals surface area contributed by atoms with Gasteiger partial charge in [0.15, 0.2) is 0 Å². The SMILES string of the molecule is COc1ccc(C(=O)NC2(Cc3cccc(F)c3)CCC2)cn1. The molecule has 1 aromatic heterocycles. The molecule has 4 nitrogen and oxygen atoms in total. The van der Waals surface area contributed by atoms with Crippen LogP contribution in [-0.4, -0.2) is 23.5 Å². The number of amides is 1. The normalized spacial score (nSPS) is 15.6. The van der Waals surface area contributed by atoms with Gasteiger partial charge < -0.3 is 10.1 Å². The maximum Gasteiger partial charge on any atom is 0.253 e. The second-order valence-electron chi connectivity index (χ2n) is 5.98. The number of nitrogens with zero attached hydrogens (tertiary/aromatic N) is 1. The van der Waals surface area contributed by atoms with Gasteiger partial charge in [-0.1, -0.05) is 12.1 Å². The Morgan fingerprint density at radius 1 is 1.35 bits per heavy atom. The van der Waals surface area contributed by atoms with Gasteiger partial charge in [0.2, 0.25) is 5.88 Å². The van der Waals surface area contributed by atoms with Crippen molar-refractivity contribution >= 4 is 5.91 Å². The van der Waals surface area contributed by atoms with E-state index in [9.17, 15) is 9.18 Å². The molecule has 1 aliphatic carbocycles. The fourth-order valence-corrected chi connectivity index (χ4v) is 2.94. The summed E-state index contributed by atoms with van der Waals surface area (Å²) in [5, 5.41) is 3.11. The van der Waals surface area contributed by atoms with E-state index in [4.69, 9.17) is 4.74 Å². The molecule has 1 fully saturated rings. The number of pyridine rings is 1. The summed E-state index contributed by atoms with van der Waals surface area (Å²) >= 11 is 0. The first-order chi connectivity index (χ1) is 11.1. The highest BCUT2D eigenvalue weighted by molar-refractivity contribution is 5.94. The number of carbonyl (C=O) groups excluding carboxylic acids is 1. The standard InChI is InChI=1S/C18H19FN2O2/c1-23-16-7-6-14(12-20-16)17(22)21-18(8-3-9-18)11-13-4-2-5-15(19)10-13/h2,4-7,10,12H,3,8-9,11H2,1H3,(H,21,22). The van der Waals surface area contributed by atoms with Crippen LogP contribution in [0.3, 0.4) is 0 Å². The minimum atomic E-state index is -0.287. The maximum absolute atomic E-state index is 13.4. The highest BCUT2D eigenvalue weighted by atomic mass is 19.1. The summed E-state index contributed by atoms with van der Waals surface area (Å²) in [6, 6.07) is 9.90. The molecule has 1 N–H and O–H groups in total. The van der Waals surface area contributed by atoms with Crippen molar-refractivity contribution in [2.24, 2.45) is 0 Å². The highest BCUT2D eigenvalue weighted by Gasteiger charge is 2.38. The molecule has 1 aromatic carbocycles. The number of rotatable bonds is 5. The summed E-state index contributed by atoms with van der Waals surface area (Å²) in [6.07, 6.45) is 5.01. The highest BCUT2D eigenvalue weighted by Crippen LogP contribution is 2.35. The van der Waals surface area contributed by atoms with Gasteiger partial charge in [-0.15, -0.1) is 0 Å². The van der Waals surface area contributed by atoms with Crippen molar-refractivity contribution in [3.05, 3.63) is 59.5 Å². The summed E-state index contributed by atoms with van der Waals surface area (Å²) in [6.45, 7) is 0. The summed E-state index contributed by atoms with van der Waals surface area (Å²) in [4.78, 5) is 16.5. The lowest BCUT2D eigenvalue weighted by molar-refractivity contribution is 0.0826. The Morgan fingerprint density at radius 3 is 2.74 bits per heavy atom. The van der Waals surface area contributed by atoms with Gasteiger partial charge in [0, 0.05) is 17.8 Å². The Labute approximate surface area is 134 Å². The van der Waals surface area contributed by atoms with Crippen molar-refractivity contribution in [2.45, 2.75) is 31.2 Å². The van der Waals surface area contributed by atoms with Gasteiger partial charge in [-0.25, -0.2) is 9.37 Å². The zero-order chi connectivity index (χ0) is 16.3. The van der Waals surface area contributed by atoms with Crippen LogP contribution in [0.4, 0.5) is 4.39 Å². The summed E-state index contributed by atoms with van der Waals surface area (Å²) < 4.78 is 18.3. The van der Waals surface area contributed by atoms with Gasteiger partial charge in [0.25, 0.3) is 5.91 Å². The van der Waals surface area contributed by atoms with Crippen LogP contribution in [0.1, 0.15) is 35.2 Å². The molecule has 2 aromatic rings. The molecule has 1 amide bonds. The zero-order valence-electron chi connectivity index (χ0n) is 13.0. The van der Waals surface area contributed by atoms with Gasteiger partial charge in [0.05, 0.1) is 12.7 Å². The minimum absolute atomic E-state index is 0.156. The molecule has 120 valence electrons. The Bertz CT molecular complexity index is 696. The predicted molar refractivity (Wildman–Crippen MR) is 84.9 cm³/mol. The number of hydrogen-bond donors (Lipinski definition) is 1. The number of carbonyl (C=O) groups is 1. The second-order valence-corrected chi connectivity index (χ2v) is 5.98. The molecule has 0 radical (unpaired) electrons. The largest absolute Gasteiger partial charge is 0.481 e. The van der Waals surface area contributed by atoms with Crippen molar-refractivity contribution in [2.75, 3.05) is 7.11 Å². The molecule has 1 aliphatic rings. The Kier molecular flexibility index (Phi) is 4.28.